The summed E-state index contributed by atoms with van der Waals surface area (Å²) in [6, 6.07) is 6.45. The van der Waals surface area contributed by atoms with Crippen LogP contribution in [0.1, 0.15) is 16.9 Å². The summed E-state index contributed by atoms with van der Waals surface area (Å²) in [4.78, 5) is 25.6. The van der Waals surface area contributed by atoms with Crippen molar-refractivity contribution in [2.24, 2.45) is 0 Å². The van der Waals surface area contributed by atoms with E-state index in [0.29, 0.717) is 25.2 Å². The normalized spacial score (nSPS) is 17.1. The van der Waals surface area contributed by atoms with Crippen LogP contribution in [0.5, 0.6) is 0 Å². The van der Waals surface area contributed by atoms with Gasteiger partial charge in [0.15, 0.2) is 5.69 Å². The second-order valence-electron chi connectivity index (χ2n) is 5.23. The van der Waals surface area contributed by atoms with Crippen LogP contribution in [0.3, 0.4) is 0 Å². The van der Waals surface area contributed by atoms with E-state index in [9.17, 15) is 14.0 Å². The Morgan fingerprint density at radius 2 is 2.04 bits per heavy atom. The molecule has 0 radical (unpaired) electrons. The zero-order valence-electron chi connectivity index (χ0n) is 12.2. The molecule has 2 N–H and O–H groups in total. The maximum Gasteiger partial charge on any atom is 0.319 e. The number of halogens is 1. The number of benzene rings is 1. The van der Waals surface area contributed by atoms with Gasteiger partial charge < -0.3 is 20.1 Å². The number of urea groups is 1. The van der Waals surface area contributed by atoms with Crippen LogP contribution in [0.15, 0.2) is 41.1 Å². The van der Waals surface area contributed by atoms with Crippen molar-refractivity contribution in [2.45, 2.75) is 12.5 Å². The van der Waals surface area contributed by atoms with Crippen LogP contribution in [0, 0.1) is 5.82 Å². The summed E-state index contributed by atoms with van der Waals surface area (Å²) in [5, 5.41) is 9.02. The molecular weight excluding hydrogens is 303 g/mol. The van der Waals surface area contributed by atoms with Crippen molar-refractivity contribution in [1.29, 1.82) is 0 Å². The molecule has 7 nitrogen and oxygen atoms in total. The molecule has 1 aromatic heterocycles. The van der Waals surface area contributed by atoms with Gasteiger partial charge in [-0.3, -0.25) is 4.79 Å². The number of hydrogen-bond donors (Lipinski definition) is 2. The first-order valence-electron chi connectivity index (χ1n) is 7.14. The van der Waals surface area contributed by atoms with Crippen LogP contribution >= 0.6 is 0 Å². The van der Waals surface area contributed by atoms with Gasteiger partial charge in [0.05, 0.1) is 0 Å². The van der Waals surface area contributed by atoms with E-state index < -0.39 is 6.03 Å². The average molecular weight is 318 g/mol. The summed E-state index contributed by atoms with van der Waals surface area (Å²) in [7, 11) is 0. The summed E-state index contributed by atoms with van der Waals surface area (Å²) in [5.41, 5.74) is 0.749. The van der Waals surface area contributed by atoms with E-state index in [1.807, 2.05) is 0 Å². The van der Waals surface area contributed by atoms with Crippen molar-refractivity contribution >= 4 is 17.6 Å². The van der Waals surface area contributed by atoms with Gasteiger partial charge in [-0.05, 0) is 30.7 Å². The number of rotatable bonds is 3. The molecule has 0 aliphatic carbocycles. The van der Waals surface area contributed by atoms with Gasteiger partial charge in [0, 0.05) is 30.9 Å². The molecule has 2 heterocycles. The maximum absolute atomic E-state index is 12.8. The molecule has 23 heavy (non-hydrogen) atoms. The van der Waals surface area contributed by atoms with Crippen LogP contribution in [-0.2, 0) is 0 Å². The minimum atomic E-state index is -0.391. The second kappa shape index (κ2) is 6.47. The highest BCUT2D eigenvalue weighted by molar-refractivity contribution is 5.92. The lowest BCUT2D eigenvalue weighted by Gasteiger charge is -2.16. The fraction of sp³-hybridized carbons (Fsp3) is 0.267. The van der Waals surface area contributed by atoms with E-state index in [-0.39, 0.29) is 23.5 Å². The molecule has 2 aromatic rings. The predicted molar refractivity (Wildman–Crippen MR) is 79.4 cm³/mol. The third-order valence-corrected chi connectivity index (χ3v) is 3.57. The Balaban J connectivity index is 1.50. The number of hydrogen-bond acceptors (Lipinski definition) is 4. The monoisotopic (exact) mass is 318 g/mol. The second-order valence-corrected chi connectivity index (χ2v) is 5.23. The Bertz CT molecular complexity index is 687. The van der Waals surface area contributed by atoms with Gasteiger partial charge >= 0.3 is 6.03 Å². The third kappa shape index (κ3) is 3.65. The fourth-order valence-corrected chi connectivity index (χ4v) is 2.43. The standard InChI is InChI=1S/C15H15FN4O3/c16-10-1-3-11(4-2-10)17-15(22)18-12-5-7-20(9-12)14(21)13-6-8-23-19-13/h1-4,6,8,12H,5,7,9H2,(H2,17,18,22). The molecule has 1 atom stereocenters. The molecule has 8 heteroatoms. The SMILES string of the molecule is O=C(Nc1ccc(F)cc1)NC1CCN(C(=O)c2ccon2)C1. The van der Waals surface area contributed by atoms with Gasteiger partial charge in [-0.15, -0.1) is 0 Å². The molecule has 1 aliphatic rings. The zero-order valence-corrected chi connectivity index (χ0v) is 12.2. The number of amides is 3. The molecule has 1 aromatic carbocycles. The van der Waals surface area contributed by atoms with Crippen molar-refractivity contribution in [3.05, 3.63) is 48.1 Å². The Hall–Kier alpha value is -2.90. The number of carbonyl (C=O) groups is 2. The number of anilines is 1. The number of nitrogens with one attached hydrogen (secondary N) is 2. The van der Waals surface area contributed by atoms with Crippen molar-refractivity contribution in [3.63, 3.8) is 0 Å². The van der Waals surface area contributed by atoms with E-state index in [1.165, 1.54) is 36.6 Å². The summed E-state index contributed by atoms with van der Waals surface area (Å²) < 4.78 is 17.5. The molecule has 0 saturated carbocycles. The smallest absolute Gasteiger partial charge is 0.319 e. The quantitative estimate of drug-likeness (QED) is 0.904. The van der Waals surface area contributed by atoms with Crippen molar-refractivity contribution in [1.82, 2.24) is 15.4 Å². The first-order chi connectivity index (χ1) is 11.1. The largest absolute Gasteiger partial charge is 0.364 e. The molecule has 120 valence electrons. The summed E-state index contributed by atoms with van der Waals surface area (Å²) in [6.07, 6.45) is 2.00. The van der Waals surface area contributed by atoms with Gasteiger partial charge in [0.25, 0.3) is 5.91 Å². The highest BCUT2D eigenvalue weighted by Crippen LogP contribution is 2.13. The van der Waals surface area contributed by atoms with Crippen molar-refractivity contribution < 1.29 is 18.5 Å². The van der Waals surface area contributed by atoms with Gasteiger partial charge in [-0.25, -0.2) is 9.18 Å². The van der Waals surface area contributed by atoms with Crippen molar-refractivity contribution in [3.8, 4) is 0 Å². The van der Waals surface area contributed by atoms with E-state index in [2.05, 4.69) is 20.3 Å². The predicted octanol–water partition coefficient (Wildman–Crippen LogP) is 1.85. The highest BCUT2D eigenvalue weighted by Gasteiger charge is 2.29. The highest BCUT2D eigenvalue weighted by atomic mass is 19.1. The lowest BCUT2D eigenvalue weighted by molar-refractivity contribution is 0.0779. The van der Waals surface area contributed by atoms with E-state index in [0.717, 1.165) is 0 Å². The van der Waals surface area contributed by atoms with Crippen LogP contribution in [0.4, 0.5) is 14.9 Å². The zero-order chi connectivity index (χ0) is 16.2. The molecule has 1 fully saturated rings. The van der Waals surface area contributed by atoms with Crippen LogP contribution in [0.2, 0.25) is 0 Å². The van der Waals surface area contributed by atoms with Gasteiger partial charge in [-0.2, -0.15) is 0 Å². The van der Waals surface area contributed by atoms with E-state index in [4.69, 9.17) is 0 Å². The van der Waals surface area contributed by atoms with Crippen LogP contribution < -0.4 is 10.6 Å². The van der Waals surface area contributed by atoms with Gasteiger partial charge in [0.1, 0.15) is 12.1 Å². The Morgan fingerprint density at radius 1 is 1.26 bits per heavy atom. The first-order valence-corrected chi connectivity index (χ1v) is 7.14. The number of aromatic nitrogens is 1. The molecular formula is C15H15FN4O3. The Morgan fingerprint density at radius 3 is 2.74 bits per heavy atom. The van der Waals surface area contributed by atoms with Crippen LogP contribution in [0.25, 0.3) is 0 Å². The molecule has 3 amide bonds. The Kier molecular flexibility index (Phi) is 4.22. The summed E-state index contributed by atoms with van der Waals surface area (Å²) >= 11 is 0. The van der Waals surface area contributed by atoms with Gasteiger partial charge in [0.2, 0.25) is 0 Å². The van der Waals surface area contributed by atoms with Crippen molar-refractivity contribution in [2.75, 3.05) is 18.4 Å². The molecule has 0 bridgehead atoms. The van der Waals surface area contributed by atoms with E-state index >= 15 is 0 Å². The minimum absolute atomic E-state index is 0.147. The lowest BCUT2D eigenvalue weighted by atomic mass is 10.2. The molecule has 1 aliphatic heterocycles. The summed E-state index contributed by atoms with van der Waals surface area (Å²) in [6.45, 7) is 0.940. The molecule has 1 saturated heterocycles. The van der Waals surface area contributed by atoms with Crippen LogP contribution in [-0.4, -0.2) is 41.1 Å². The molecule has 0 spiro atoms. The topological polar surface area (TPSA) is 87.5 Å². The molecule has 3 rings (SSSR count). The first kappa shape index (κ1) is 15.0. The lowest BCUT2D eigenvalue weighted by Crippen LogP contribution is -2.40. The summed E-state index contributed by atoms with van der Waals surface area (Å²) in [5.74, 6) is -0.587. The third-order valence-electron chi connectivity index (χ3n) is 3.57. The van der Waals surface area contributed by atoms with Gasteiger partial charge in [-0.1, -0.05) is 5.16 Å². The number of likely N-dealkylation sites (tertiary alicyclic amines) is 1. The molecule has 1 unspecified atom stereocenters. The maximum atomic E-state index is 12.8. The van der Waals surface area contributed by atoms with E-state index in [1.54, 1.807) is 4.90 Å². The fourth-order valence-electron chi connectivity index (χ4n) is 2.43. The number of carbonyl (C=O) groups excluding carboxylic acids is 2. The number of nitrogens with zero attached hydrogens (tertiary/aromatic N) is 2. The Labute approximate surface area is 131 Å². The minimum Gasteiger partial charge on any atom is -0.364 e. The average Bonchev–Trinajstić information content (AvgIpc) is 3.20.